The van der Waals surface area contributed by atoms with E-state index in [1.807, 2.05) is 36.4 Å². The lowest BCUT2D eigenvalue weighted by atomic mass is 10.1. The van der Waals surface area contributed by atoms with Crippen molar-refractivity contribution in [1.29, 1.82) is 0 Å². The first kappa shape index (κ1) is 23.2. The number of aliphatic hydroxyl groups is 1. The molecule has 1 heterocycles. The highest BCUT2D eigenvalue weighted by Gasteiger charge is 2.31. The van der Waals surface area contributed by atoms with Gasteiger partial charge in [0, 0.05) is 35.1 Å². The molecule has 6 nitrogen and oxygen atoms in total. The van der Waals surface area contributed by atoms with Gasteiger partial charge in [0.05, 0.1) is 11.0 Å². The van der Waals surface area contributed by atoms with Gasteiger partial charge in [-0.2, -0.15) is 4.31 Å². The molecule has 3 aromatic carbocycles. The maximum absolute atomic E-state index is 12.7. The number of halogens is 1. The van der Waals surface area contributed by atoms with Crippen LogP contribution in [0, 0.1) is 0 Å². The SMILES string of the molecule is O=C(C=Cc1ccc(Cl)cc1Nc1ccccc1)c1ccc(S(=O)(=O)N2CCC(O)C2)cc1. The van der Waals surface area contributed by atoms with Gasteiger partial charge in [-0.25, -0.2) is 8.42 Å². The van der Waals surface area contributed by atoms with Crippen LogP contribution in [-0.2, 0) is 10.0 Å². The summed E-state index contributed by atoms with van der Waals surface area (Å²) in [4.78, 5) is 12.8. The predicted molar refractivity (Wildman–Crippen MR) is 130 cm³/mol. The lowest BCUT2D eigenvalue weighted by Crippen LogP contribution is -2.29. The van der Waals surface area contributed by atoms with Crippen molar-refractivity contribution in [2.75, 3.05) is 18.4 Å². The number of nitrogens with one attached hydrogen (secondary N) is 1. The summed E-state index contributed by atoms with van der Waals surface area (Å²) in [6.07, 6.45) is 2.92. The van der Waals surface area contributed by atoms with E-state index in [1.54, 1.807) is 18.2 Å². The Labute approximate surface area is 198 Å². The number of carbonyl (C=O) groups excluding carboxylic acids is 1. The number of para-hydroxylation sites is 1. The number of ketones is 1. The Bertz CT molecular complexity index is 1280. The third kappa shape index (κ3) is 5.51. The minimum Gasteiger partial charge on any atom is -0.392 e. The monoisotopic (exact) mass is 482 g/mol. The summed E-state index contributed by atoms with van der Waals surface area (Å²) in [7, 11) is -3.69. The molecule has 1 aliphatic heterocycles. The maximum atomic E-state index is 12.7. The number of sulfonamides is 1. The molecule has 1 unspecified atom stereocenters. The van der Waals surface area contributed by atoms with E-state index in [0.717, 1.165) is 16.9 Å². The van der Waals surface area contributed by atoms with Gasteiger partial charge in [-0.05, 0) is 72.7 Å². The van der Waals surface area contributed by atoms with E-state index in [1.165, 1.54) is 34.6 Å². The Kier molecular flexibility index (Phi) is 6.95. The minimum atomic E-state index is -3.69. The molecule has 0 spiro atoms. The van der Waals surface area contributed by atoms with Crippen molar-refractivity contribution in [2.45, 2.75) is 17.4 Å². The fraction of sp³-hybridized carbons (Fsp3) is 0.160. The Morgan fingerprint density at radius 1 is 1.06 bits per heavy atom. The van der Waals surface area contributed by atoms with Crippen LogP contribution in [0.4, 0.5) is 11.4 Å². The molecule has 1 saturated heterocycles. The lowest BCUT2D eigenvalue weighted by Gasteiger charge is -2.15. The Morgan fingerprint density at radius 2 is 1.79 bits per heavy atom. The third-order valence-electron chi connectivity index (χ3n) is 5.39. The van der Waals surface area contributed by atoms with Crippen molar-refractivity contribution in [1.82, 2.24) is 4.31 Å². The molecule has 8 heteroatoms. The van der Waals surface area contributed by atoms with Crippen molar-refractivity contribution in [2.24, 2.45) is 0 Å². The number of carbonyl (C=O) groups is 1. The Morgan fingerprint density at radius 3 is 2.45 bits per heavy atom. The fourth-order valence-electron chi connectivity index (χ4n) is 3.59. The van der Waals surface area contributed by atoms with E-state index in [2.05, 4.69) is 5.32 Å². The molecule has 4 rings (SSSR count). The van der Waals surface area contributed by atoms with E-state index in [9.17, 15) is 18.3 Å². The maximum Gasteiger partial charge on any atom is 0.243 e. The van der Waals surface area contributed by atoms with Gasteiger partial charge in [-0.1, -0.05) is 35.9 Å². The molecule has 1 atom stereocenters. The molecule has 0 aliphatic carbocycles. The van der Waals surface area contributed by atoms with E-state index in [-0.39, 0.29) is 23.8 Å². The molecule has 2 N–H and O–H groups in total. The molecule has 1 fully saturated rings. The smallest absolute Gasteiger partial charge is 0.243 e. The third-order valence-corrected chi connectivity index (χ3v) is 7.50. The van der Waals surface area contributed by atoms with Crippen LogP contribution in [-0.4, -0.2) is 42.8 Å². The van der Waals surface area contributed by atoms with Gasteiger partial charge in [0.15, 0.2) is 5.78 Å². The number of hydrogen-bond acceptors (Lipinski definition) is 5. The molecule has 33 heavy (non-hydrogen) atoms. The summed E-state index contributed by atoms with van der Waals surface area (Å²) in [5.74, 6) is -0.254. The molecule has 0 amide bonds. The number of nitrogens with zero attached hydrogens (tertiary/aromatic N) is 1. The highest BCUT2D eigenvalue weighted by Crippen LogP contribution is 2.26. The Balaban J connectivity index is 1.50. The van der Waals surface area contributed by atoms with Crippen LogP contribution in [0.2, 0.25) is 5.02 Å². The number of allylic oxidation sites excluding steroid dienone is 1. The predicted octanol–water partition coefficient (Wildman–Crippen LogP) is 4.74. The second kappa shape index (κ2) is 9.89. The van der Waals surface area contributed by atoms with Crippen LogP contribution in [0.15, 0.2) is 83.8 Å². The fourth-order valence-corrected chi connectivity index (χ4v) is 5.25. The zero-order valence-electron chi connectivity index (χ0n) is 17.7. The average molecular weight is 483 g/mol. The molecule has 0 aromatic heterocycles. The van der Waals surface area contributed by atoms with Gasteiger partial charge in [-0.15, -0.1) is 0 Å². The van der Waals surface area contributed by atoms with Crippen molar-refractivity contribution in [3.8, 4) is 0 Å². The highest BCUT2D eigenvalue weighted by atomic mass is 35.5. The van der Waals surface area contributed by atoms with Crippen LogP contribution < -0.4 is 5.32 Å². The lowest BCUT2D eigenvalue weighted by molar-refractivity contribution is 0.104. The van der Waals surface area contributed by atoms with Gasteiger partial charge in [-0.3, -0.25) is 4.79 Å². The van der Waals surface area contributed by atoms with Crippen LogP contribution in [0.1, 0.15) is 22.3 Å². The molecule has 1 aliphatic rings. The number of hydrogen-bond donors (Lipinski definition) is 2. The van der Waals surface area contributed by atoms with Crippen LogP contribution in [0.25, 0.3) is 6.08 Å². The molecule has 3 aromatic rings. The first-order chi connectivity index (χ1) is 15.8. The van der Waals surface area contributed by atoms with Crippen molar-refractivity contribution >= 4 is 44.9 Å². The number of aliphatic hydroxyl groups excluding tert-OH is 1. The summed E-state index contributed by atoms with van der Waals surface area (Å²) in [6.45, 7) is 0.375. The number of anilines is 2. The molecular weight excluding hydrogens is 460 g/mol. The molecular formula is C25H23ClN2O4S. The minimum absolute atomic E-state index is 0.0895. The molecule has 170 valence electrons. The van der Waals surface area contributed by atoms with Crippen molar-refractivity contribution < 1.29 is 18.3 Å². The summed E-state index contributed by atoms with van der Waals surface area (Å²) < 4.78 is 26.6. The molecule has 0 bridgehead atoms. The van der Waals surface area contributed by atoms with Gasteiger partial charge in [0.2, 0.25) is 10.0 Å². The topological polar surface area (TPSA) is 86.7 Å². The summed E-state index contributed by atoms with van der Waals surface area (Å²) >= 11 is 6.15. The molecule has 0 saturated carbocycles. The van der Waals surface area contributed by atoms with E-state index < -0.39 is 16.1 Å². The van der Waals surface area contributed by atoms with E-state index in [4.69, 9.17) is 11.6 Å². The standard InChI is InChI=1S/C25H23ClN2O4S/c26-20-10-6-18(24(16-20)27-21-4-2-1-3-5-21)9-13-25(30)19-7-11-23(12-8-19)33(31,32)28-15-14-22(29)17-28/h1-13,16,22,27,29H,14-15,17H2. The van der Waals surface area contributed by atoms with Crippen LogP contribution >= 0.6 is 11.6 Å². The summed E-state index contributed by atoms with van der Waals surface area (Å²) in [5, 5.41) is 13.5. The van der Waals surface area contributed by atoms with E-state index in [0.29, 0.717) is 17.0 Å². The van der Waals surface area contributed by atoms with Crippen molar-refractivity contribution in [3.63, 3.8) is 0 Å². The first-order valence-electron chi connectivity index (χ1n) is 10.5. The largest absolute Gasteiger partial charge is 0.392 e. The van der Waals surface area contributed by atoms with Gasteiger partial charge in [0.1, 0.15) is 0 Å². The number of benzene rings is 3. The quantitative estimate of drug-likeness (QED) is 0.375. The summed E-state index contributed by atoms with van der Waals surface area (Å²) in [6, 6.07) is 20.8. The highest BCUT2D eigenvalue weighted by molar-refractivity contribution is 7.89. The van der Waals surface area contributed by atoms with Gasteiger partial charge >= 0.3 is 0 Å². The number of rotatable bonds is 7. The van der Waals surface area contributed by atoms with Crippen LogP contribution in [0.5, 0.6) is 0 Å². The normalized spacial score (nSPS) is 16.8. The molecule has 0 radical (unpaired) electrons. The van der Waals surface area contributed by atoms with Crippen LogP contribution in [0.3, 0.4) is 0 Å². The zero-order chi connectivity index (χ0) is 23.4. The Hall–Kier alpha value is -2.97. The second-order valence-corrected chi connectivity index (χ2v) is 10.1. The number of β-amino-alcohol motifs (C(OH)–C–C–N with tert-alkyl or cyclic N) is 1. The van der Waals surface area contributed by atoms with Crippen molar-refractivity contribution in [3.05, 3.63) is 95.0 Å². The first-order valence-corrected chi connectivity index (χ1v) is 12.3. The zero-order valence-corrected chi connectivity index (χ0v) is 19.3. The van der Waals surface area contributed by atoms with E-state index >= 15 is 0 Å². The van der Waals surface area contributed by atoms with Gasteiger partial charge in [0.25, 0.3) is 0 Å². The van der Waals surface area contributed by atoms with Gasteiger partial charge < -0.3 is 10.4 Å². The second-order valence-electron chi connectivity index (χ2n) is 7.75. The average Bonchev–Trinajstić information content (AvgIpc) is 3.26. The summed E-state index contributed by atoms with van der Waals surface area (Å²) in [5.41, 5.74) is 2.80.